The van der Waals surface area contributed by atoms with Gasteiger partial charge in [-0.15, -0.1) is 0 Å². The third kappa shape index (κ3) is 2.64. The Morgan fingerprint density at radius 3 is 2.14 bits per heavy atom. The molecule has 0 bridgehead atoms. The fourth-order valence-electron chi connectivity index (χ4n) is 1.76. The maximum absolute atomic E-state index is 6.32. The summed E-state index contributed by atoms with van der Waals surface area (Å²) < 4.78 is 0. The molecule has 0 spiro atoms. The first-order valence-corrected chi connectivity index (χ1v) is 4.99. The molecule has 1 nitrogen and oxygen atoms in total. The van der Waals surface area contributed by atoms with Gasteiger partial charge in [-0.2, -0.15) is 0 Å². The van der Waals surface area contributed by atoms with E-state index in [0.717, 1.165) is 12.8 Å². The summed E-state index contributed by atoms with van der Waals surface area (Å²) in [6.07, 6.45) is 1.99. The molecule has 0 aliphatic carbocycles. The molecule has 14 heavy (non-hydrogen) atoms. The van der Waals surface area contributed by atoms with Crippen LogP contribution >= 0.6 is 0 Å². The average Bonchev–Trinajstić information content (AvgIpc) is 2.17. The molecule has 0 aliphatic heterocycles. The van der Waals surface area contributed by atoms with Gasteiger partial charge in [-0.05, 0) is 30.9 Å². The second-order valence-corrected chi connectivity index (χ2v) is 3.68. The summed E-state index contributed by atoms with van der Waals surface area (Å²) in [7, 11) is 0. The largest absolute Gasteiger partial charge is 1.00 e. The van der Waals surface area contributed by atoms with Gasteiger partial charge in [-0.1, -0.05) is 38.1 Å². The monoisotopic (exact) mass is 185 g/mol. The summed E-state index contributed by atoms with van der Waals surface area (Å²) >= 11 is 0. The van der Waals surface area contributed by atoms with Crippen molar-refractivity contribution in [1.29, 1.82) is 0 Å². The van der Waals surface area contributed by atoms with Crippen LogP contribution < -0.4 is 24.6 Å². The van der Waals surface area contributed by atoms with Crippen molar-refractivity contribution in [3.05, 3.63) is 35.4 Å². The summed E-state index contributed by atoms with van der Waals surface area (Å²) in [4.78, 5) is 0. The van der Waals surface area contributed by atoms with E-state index in [1.807, 2.05) is 0 Å². The van der Waals surface area contributed by atoms with E-state index in [9.17, 15) is 0 Å². The molecule has 1 aromatic rings. The molecule has 0 radical (unpaired) electrons. The maximum Gasteiger partial charge on any atom is 1.00 e. The second-order valence-electron chi connectivity index (χ2n) is 3.68. The molecular weight excluding hydrogens is 165 g/mol. The van der Waals surface area contributed by atoms with Crippen LogP contribution in [0.25, 0.3) is 0 Å². The van der Waals surface area contributed by atoms with Gasteiger partial charge in [0.1, 0.15) is 0 Å². The molecule has 0 heterocycles. The smallest absolute Gasteiger partial charge is 1.00 e. The molecule has 0 saturated carbocycles. The predicted octanol–water partition coefficient (Wildman–Crippen LogP) is 0.0855. The minimum Gasteiger partial charge on any atom is -1.00 e. The normalized spacial score (nSPS) is 10.9. The minimum atomic E-state index is -0.134. The van der Waals surface area contributed by atoms with Crippen molar-refractivity contribution in [3.8, 4) is 0 Å². The van der Waals surface area contributed by atoms with E-state index in [0.29, 0.717) is 0 Å². The number of hydrogen-bond donors (Lipinski definition) is 1. The number of benzene rings is 1. The van der Waals surface area contributed by atoms with Gasteiger partial charge in [-0.25, -0.2) is 0 Å². The van der Waals surface area contributed by atoms with Gasteiger partial charge in [-0.3, -0.25) is 0 Å². The molecule has 0 amide bonds. The fourth-order valence-corrected chi connectivity index (χ4v) is 1.76. The summed E-state index contributed by atoms with van der Waals surface area (Å²) in [6.45, 7) is 6.42. The van der Waals surface area contributed by atoms with Gasteiger partial charge >= 0.3 is 18.9 Å². The van der Waals surface area contributed by atoms with Crippen LogP contribution in [-0.4, -0.2) is 0 Å². The molecule has 0 saturated heterocycles. The second kappa shape index (κ2) is 5.61. The summed E-state index contributed by atoms with van der Waals surface area (Å²) in [6, 6.07) is 8.39. The van der Waals surface area contributed by atoms with Crippen LogP contribution in [0.2, 0.25) is 0 Å². The number of rotatable bonds is 3. The molecule has 0 unspecified atom stereocenters. The summed E-state index contributed by atoms with van der Waals surface area (Å²) in [5, 5.41) is 0. The van der Waals surface area contributed by atoms with Crippen molar-refractivity contribution in [2.45, 2.75) is 39.2 Å². The number of nitrogens with two attached hydrogens (primary N) is 1. The Bertz CT molecular complexity index is 285. The Balaban J connectivity index is 0. The zero-order valence-electron chi connectivity index (χ0n) is 10.8. The predicted molar refractivity (Wildman–Crippen MR) is 58.7 cm³/mol. The Hall–Kier alpha value is -0.223. The van der Waals surface area contributed by atoms with Crippen molar-refractivity contribution in [1.82, 2.24) is 0 Å². The van der Waals surface area contributed by atoms with Crippen LogP contribution in [0.5, 0.6) is 0 Å². The molecule has 0 aliphatic rings. The Morgan fingerprint density at radius 2 is 1.71 bits per heavy atom. The first-order chi connectivity index (χ1) is 6.14. The zero-order chi connectivity index (χ0) is 9.90. The maximum atomic E-state index is 6.32. The van der Waals surface area contributed by atoms with E-state index in [1.54, 1.807) is 0 Å². The number of hydrogen-bond acceptors (Lipinski definition) is 1. The van der Waals surface area contributed by atoms with Gasteiger partial charge in [0.2, 0.25) is 0 Å². The van der Waals surface area contributed by atoms with Crippen molar-refractivity contribution in [2.75, 3.05) is 0 Å². The molecule has 0 aromatic heterocycles. The Morgan fingerprint density at radius 1 is 1.21 bits per heavy atom. The summed E-state index contributed by atoms with van der Waals surface area (Å²) in [5.74, 6) is 0. The molecule has 1 rings (SSSR count). The van der Waals surface area contributed by atoms with Crippen molar-refractivity contribution in [3.63, 3.8) is 0 Å². The quantitative estimate of drug-likeness (QED) is 0.663. The van der Waals surface area contributed by atoms with E-state index < -0.39 is 0 Å². The van der Waals surface area contributed by atoms with Crippen LogP contribution in [-0.2, 0) is 5.54 Å². The number of aryl methyl sites for hydroxylation is 1. The van der Waals surface area contributed by atoms with Gasteiger partial charge < -0.3 is 7.16 Å². The first-order valence-electron chi connectivity index (χ1n) is 4.99. The minimum absolute atomic E-state index is 0. The van der Waals surface area contributed by atoms with Crippen molar-refractivity contribution in [2.24, 2.45) is 5.73 Å². The van der Waals surface area contributed by atoms with E-state index in [2.05, 4.69) is 45.0 Å². The van der Waals surface area contributed by atoms with Gasteiger partial charge in [0.15, 0.2) is 0 Å². The molecule has 74 valence electrons. The van der Waals surface area contributed by atoms with Gasteiger partial charge in [0.05, 0.1) is 0 Å². The first kappa shape index (κ1) is 13.8. The van der Waals surface area contributed by atoms with E-state index in [-0.39, 0.29) is 25.8 Å². The van der Waals surface area contributed by atoms with Crippen molar-refractivity contribution >= 4 is 0 Å². The van der Waals surface area contributed by atoms with E-state index in [4.69, 9.17) is 5.73 Å². The average molecular weight is 185 g/mol. The molecule has 1 aromatic carbocycles. The topological polar surface area (TPSA) is 26.0 Å². The van der Waals surface area contributed by atoms with Crippen LogP contribution in [0, 0.1) is 6.92 Å². The Kier molecular flexibility index (Phi) is 5.52. The standard InChI is InChI=1S/C12H19N.Li.H/c1-4-12(13,5-2)11-9-7-6-8-10(11)3;;/h6-9H,4-5,13H2,1-3H3;;/q;+1;-1. The molecule has 2 heteroatoms. The molecule has 0 atom stereocenters. The molecular formula is C12H20LiN. The van der Waals surface area contributed by atoms with Crippen LogP contribution in [0.15, 0.2) is 24.3 Å². The van der Waals surface area contributed by atoms with E-state index >= 15 is 0 Å². The summed E-state index contributed by atoms with van der Waals surface area (Å²) in [5.41, 5.74) is 8.78. The third-order valence-corrected chi connectivity index (χ3v) is 2.94. The third-order valence-electron chi connectivity index (χ3n) is 2.94. The van der Waals surface area contributed by atoms with E-state index in [1.165, 1.54) is 11.1 Å². The Labute approximate surface area is 101 Å². The van der Waals surface area contributed by atoms with Crippen molar-refractivity contribution < 1.29 is 20.3 Å². The zero-order valence-corrected chi connectivity index (χ0v) is 9.80. The van der Waals surface area contributed by atoms with Gasteiger partial charge in [0, 0.05) is 5.54 Å². The SMILES string of the molecule is CCC(N)(CC)c1ccccc1C.[H-].[Li+]. The molecule has 0 fully saturated rings. The molecule has 2 N–H and O–H groups in total. The van der Waals surface area contributed by atoms with Crippen LogP contribution in [0.4, 0.5) is 0 Å². The van der Waals surface area contributed by atoms with Crippen LogP contribution in [0.3, 0.4) is 0 Å². The fraction of sp³-hybridized carbons (Fsp3) is 0.500. The van der Waals surface area contributed by atoms with Gasteiger partial charge in [0.25, 0.3) is 0 Å². The van der Waals surface area contributed by atoms with Crippen LogP contribution in [0.1, 0.15) is 39.2 Å².